The largest absolute Gasteiger partial charge is 0.389 e. The summed E-state index contributed by atoms with van der Waals surface area (Å²) in [5.41, 5.74) is 4.33. The highest BCUT2D eigenvalue weighted by atomic mass is 32.1. The second-order valence-corrected chi connectivity index (χ2v) is 5.96. The summed E-state index contributed by atoms with van der Waals surface area (Å²) in [6.45, 7) is 4.95. The average Bonchev–Trinajstić information content (AvgIpc) is 2.54. The number of aliphatic hydroxyl groups is 1. The third kappa shape index (κ3) is 5.88. The molecule has 4 N–H and O–H groups in total. The number of hydrogen-bond donors (Lipinski definition) is 4. The summed E-state index contributed by atoms with van der Waals surface area (Å²) in [5.74, 6) is 0. The van der Waals surface area contributed by atoms with Crippen LogP contribution in [0, 0.1) is 13.8 Å². The Balaban J connectivity index is 1.73. The molecule has 0 aromatic heterocycles. The molecule has 0 aliphatic rings. The van der Waals surface area contributed by atoms with Gasteiger partial charge in [-0.3, -0.25) is 0 Å². The second-order valence-electron chi connectivity index (χ2n) is 5.55. The summed E-state index contributed by atoms with van der Waals surface area (Å²) in [5, 5.41) is 19.9. The summed E-state index contributed by atoms with van der Waals surface area (Å²) in [6, 6.07) is 15.9. The lowest BCUT2D eigenvalue weighted by atomic mass is 10.1. The minimum atomic E-state index is -0.537. The van der Waals surface area contributed by atoms with Crippen molar-refractivity contribution in [2.45, 2.75) is 20.0 Å². The van der Waals surface area contributed by atoms with E-state index in [1.165, 1.54) is 5.56 Å². The van der Waals surface area contributed by atoms with Crippen molar-refractivity contribution in [3.63, 3.8) is 0 Å². The SMILES string of the molecule is Cc1ccc(C)c(NCC(O)CNC(=S)Nc2ccccc2)c1. The summed E-state index contributed by atoms with van der Waals surface area (Å²) < 4.78 is 0. The quantitative estimate of drug-likeness (QED) is 0.614. The second kappa shape index (κ2) is 8.50. The Morgan fingerprint density at radius 2 is 1.83 bits per heavy atom. The molecule has 0 radical (unpaired) electrons. The third-order valence-corrected chi connectivity index (χ3v) is 3.70. The Hall–Kier alpha value is -2.11. The lowest BCUT2D eigenvalue weighted by molar-refractivity contribution is 0.191. The van der Waals surface area contributed by atoms with Crippen molar-refractivity contribution in [3.8, 4) is 0 Å². The van der Waals surface area contributed by atoms with Gasteiger partial charge >= 0.3 is 0 Å². The van der Waals surface area contributed by atoms with Crippen LogP contribution in [0.3, 0.4) is 0 Å². The van der Waals surface area contributed by atoms with E-state index in [0.717, 1.165) is 16.9 Å². The van der Waals surface area contributed by atoms with Gasteiger partial charge in [-0.15, -0.1) is 0 Å². The lowest BCUT2D eigenvalue weighted by Gasteiger charge is -2.17. The molecule has 0 amide bonds. The molecule has 4 nitrogen and oxygen atoms in total. The number of aliphatic hydroxyl groups excluding tert-OH is 1. The smallest absolute Gasteiger partial charge is 0.170 e. The van der Waals surface area contributed by atoms with Gasteiger partial charge in [0.05, 0.1) is 6.10 Å². The van der Waals surface area contributed by atoms with Crippen LogP contribution >= 0.6 is 12.2 Å². The van der Waals surface area contributed by atoms with Gasteiger partial charge in [-0.2, -0.15) is 0 Å². The Morgan fingerprint density at radius 1 is 1.09 bits per heavy atom. The number of para-hydroxylation sites is 1. The van der Waals surface area contributed by atoms with Gasteiger partial charge in [0.2, 0.25) is 0 Å². The van der Waals surface area contributed by atoms with Gasteiger partial charge in [0.1, 0.15) is 0 Å². The van der Waals surface area contributed by atoms with E-state index in [2.05, 4.69) is 41.1 Å². The van der Waals surface area contributed by atoms with Crippen molar-refractivity contribution in [2.24, 2.45) is 0 Å². The van der Waals surface area contributed by atoms with Crippen LogP contribution in [-0.4, -0.2) is 29.4 Å². The number of nitrogens with one attached hydrogen (secondary N) is 3. The average molecular weight is 329 g/mol. The predicted molar refractivity (Wildman–Crippen MR) is 101 cm³/mol. The van der Waals surface area contributed by atoms with Gasteiger partial charge in [-0.1, -0.05) is 30.3 Å². The molecular weight excluding hydrogens is 306 g/mol. The molecule has 0 aliphatic heterocycles. The molecule has 1 unspecified atom stereocenters. The normalized spacial score (nSPS) is 11.6. The maximum absolute atomic E-state index is 10.1. The molecule has 0 bridgehead atoms. The first-order valence-electron chi connectivity index (χ1n) is 7.63. The van der Waals surface area contributed by atoms with Crippen molar-refractivity contribution >= 4 is 28.7 Å². The van der Waals surface area contributed by atoms with E-state index in [1.807, 2.05) is 37.3 Å². The highest BCUT2D eigenvalue weighted by molar-refractivity contribution is 7.80. The molecule has 2 rings (SSSR count). The summed E-state index contributed by atoms with van der Waals surface area (Å²) in [6.07, 6.45) is -0.537. The molecule has 2 aromatic rings. The van der Waals surface area contributed by atoms with Crippen LogP contribution in [0.1, 0.15) is 11.1 Å². The number of benzene rings is 2. The first-order chi connectivity index (χ1) is 11.0. The van der Waals surface area contributed by atoms with E-state index >= 15 is 0 Å². The van der Waals surface area contributed by atoms with Crippen LogP contribution in [0.2, 0.25) is 0 Å². The van der Waals surface area contributed by atoms with Crippen molar-refractivity contribution in [1.82, 2.24) is 5.32 Å². The minimum Gasteiger partial charge on any atom is -0.389 e. The molecule has 5 heteroatoms. The van der Waals surface area contributed by atoms with Crippen molar-refractivity contribution in [1.29, 1.82) is 0 Å². The predicted octanol–water partition coefficient (Wildman–Crippen LogP) is 3.06. The molecular formula is C18H23N3OS. The molecule has 2 aromatic carbocycles. The molecule has 0 saturated carbocycles. The zero-order valence-corrected chi connectivity index (χ0v) is 14.3. The van der Waals surface area contributed by atoms with E-state index in [-0.39, 0.29) is 0 Å². The topological polar surface area (TPSA) is 56.3 Å². The molecule has 0 fully saturated rings. The maximum atomic E-state index is 10.1. The number of thiocarbonyl (C=S) groups is 1. The van der Waals surface area contributed by atoms with Gasteiger partial charge in [0.15, 0.2) is 5.11 Å². The first kappa shape index (κ1) is 17.2. The third-order valence-electron chi connectivity index (χ3n) is 3.45. The van der Waals surface area contributed by atoms with Gasteiger partial charge in [-0.05, 0) is 55.4 Å². The van der Waals surface area contributed by atoms with Gasteiger partial charge in [-0.25, -0.2) is 0 Å². The highest BCUT2D eigenvalue weighted by Crippen LogP contribution is 2.16. The number of anilines is 2. The van der Waals surface area contributed by atoms with Crippen molar-refractivity contribution in [3.05, 3.63) is 59.7 Å². The van der Waals surface area contributed by atoms with E-state index in [9.17, 15) is 5.11 Å². The van der Waals surface area contributed by atoms with Crippen LogP contribution in [0.25, 0.3) is 0 Å². The Morgan fingerprint density at radius 3 is 2.57 bits per heavy atom. The summed E-state index contributed by atoms with van der Waals surface area (Å²) in [7, 11) is 0. The Labute approximate surface area is 142 Å². The van der Waals surface area contributed by atoms with Gasteiger partial charge in [0.25, 0.3) is 0 Å². The van der Waals surface area contributed by atoms with Crippen LogP contribution in [-0.2, 0) is 0 Å². The minimum absolute atomic E-state index is 0.385. The number of aryl methyl sites for hydroxylation is 2. The molecule has 0 aliphatic carbocycles. The molecule has 23 heavy (non-hydrogen) atoms. The molecule has 0 heterocycles. The fourth-order valence-corrected chi connectivity index (χ4v) is 2.33. The van der Waals surface area contributed by atoms with Crippen molar-refractivity contribution < 1.29 is 5.11 Å². The van der Waals surface area contributed by atoms with E-state index < -0.39 is 6.10 Å². The first-order valence-corrected chi connectivity index (χ1v) is 8.04. The Kier molecular flexibility index (Phi) is 6.38. The Bertz CT molecular complexity index is 646. The van der Waals surface area contributed by atoms with Crippen LogP contribution < -0.4 is 16.0 Å². The molecule has 0 saturated heterocycles. The van der Waals surface area contributed by atoms with Crippen molar-refractivity contribution in [2.75, 3.05) is 23.7 Å². The van der Waals surface area contributed by atoms with E-state index in [0.29, 0.717) is 18.2 Å². The summed E-state index contributed by atoms with van der Waals surface area (Å²) in [4.78, 5) is 0. The number of rotatable bonds is 6. The maximum Gasteiger partial charge on any atom is 0.170 e. The van der Waals surface area contributed by atoms with E-state index in [1.54, 1.807) is 0 Å². The van der Waals surface area contributed by atoms with Crippen LogP contribution in [0.5, 0.6) is 0 Å². The highest BCUT2D eigenvalue weighted by Gasteiger charge is 2.06. The van der Waals surface area contributed by atoms with Crippen LogP contribution in [0.15, 0.2) is 48.5 Å². The summed E-state index contributed by atoms with van der Waals surface area (Å²) >= 11 is 5.22. The molecule has 0 spiro atoms. The monoisotopic (exact) mass is 329 g/mol. The standard InChI is InChI=1S/C18H23N3OS/c1-13-8-9-14(2)17(10-13)19-11-16(22)12-20-18(23)21-15-6-4-3-5-7-15/h3-10,16,19,22H,11-12H2,1-2H3,(H2,20,21,23). The fourth-order valence-electron chi connectivity index (χ4n) is 2.13. The fraction of sp³-hybridized carbons (Fsp3) is 0.278. The number of hydrogen-bond acceptors (Lipinski definition) is 3. The van der Waals surface area contributed by atoms with Crippen LogP contribution in [0.4, 0.5) is 11.4 Å². The molecule has 1 atom stereocenters. The van der Waals surface area contributed by atoms with E-state index in [4.69, 9.17) is 12.2 Å². The zero-order chi connectivity index (χ0) is 16.7. The molecule has 122 valence electrons. The lowest BCUT2D eigenvalue weighted by Crippen LogP contribution is -2.38. The zero-order valence-electron chi connectivity index (χ0n) is 13.5. The van der Waals surface area contributed by atoms with Gasteiger partial charge < -0.3 is 21.1 Å². The van der Waals surface area contributed by atoms with Gasteiger partial charge in [0, 0.05) is 24.5 Å².